The molecule has 1 N–H and O–H groups in total. The molecule has 20 heavy (non-hydrogen) atoms. The van der Waals surface area contributed by atoms with Crippen molar-refractivity contribution in [3.8, 4) is 0 Å². The summed E-state index contributed by atoms with van der Waals surface area (Å²) in [5.41, 5.74) is 0.516. The molecule has 1 fully saturated rings. The van der Waals surface area contributed by atoms with Crippen molar-refractivity contribution in [1.29, 1.82) is 0 Å². The molecule has 1 saturated heterocycles. The largest absolute Gasteiger partial charge is 0.443 e. The minimum atomic E-state index is -0.610. The third kappa shape index (κ3) is 1.83. The van der Waals surface area contributed by atoms with Gasteiger partial charge in [0.1, 0.15) is 18.0 Å². The molecule has 3 rings (SSSR count). The zero-order valence-electron chi connectivity index (χ0n) is 11.5. The number of hydrogen-bond donors (Lipinski definition) is 1. The third-order valence-corrected chi connectivity index (χ3v) is 3.30. The number of urea groups is 1. The highest BCUT2D eigenvalue weighted by molar-refractivity contribution is 5.78. The molecule has 8 heteroatoms. The molecule has 1 unspecified atom stereocenters. The first-order chi connectivity index (χ1) is 9.28. The normalized spacial score (nSPS) is 21.2. The molecular formula is C12H16N4O4. The fourth-order valence-corrected chi connectivity index (χ4v) is 2.45. The molecule has 0 aromatic carbocycles. The van der Waals surface area contributed by atoms with Crippen molar-refractivity contribution in [3.63, 3.8) is 0 Å². The van der Waals surface area contributed by atoms with Crippen molar-refractivity contribution in [2.24, 2.45) is 0 Å². The van der Waals surface area contributed by atoms with Crippen LogP contribution in [0.5, 0.6) is 0 Å². The molecule has 2 bridgehead atoms. The van der Waals surface area contributed by atoms with Gasteiger partial charge in [-0.2, -0.15) is 5.06 Å². The van der Waals surface area contributed by atoms with E-state index in [1.54, 1.807) is 20.8 Å². The zero-order valence-corrected chi connectivity index (χ0v) is 11.5. The van der Waals surface area contributed by atoms with E-state index in [0.29, 0.717) is 23.0 Å². The number of amides is 2. The first kappa shape index (κ1) is 12.9. The Morgan fingerprint density at radius 1 is 1.50 bits per heavy atom. The zero-order chi connectivity index (χ0) is 14.7. The average Bonchev–Trinajstić information content (AvgIpc) is 2.85. The molecule has 1 aromatic rings. The highest BCUT2D eigenvalue weighted by atomic mass is 16.6. The summed E-state index contributed by atoms with van der Waals surface area (Å²) in [5, 5.41) is 10.4. The number of fused-ring (bicyclic) bond motifs is 4. The van der Waals surface area contributed by atoms with E-state index >= 15 is 0 Å². The number of ether oxygens (including phenoxy) is 1. The Morgan fingerprint density at radius 2 is 2.20 bits per heavy atom. The smallest absolute Gasteiger partial charge is 0.420 e. The Hall–Kier alpha value is -2.09. The van der Waals surface area contributed by atoms with Gasteiger partial charge in [0.15, 0.2) is 0 Å². The molecular weight excluding hydrogens is 264 g/mol. The molecule has 108 valence electrons. The fraction of sp³-hybridized carbons (Fsp3) is 0.583. The number of nitrogens with zero attached hydrogens (tertiary/aromatic N) is 4. The lowest BCUT2D eigenvalue weighted by molar-refractivity contribution is -0.0596. The van der Waals surface area contributed by atoms with Gasteiger partial charge < -0.3 is 9.64 Å². The molecule has 8 nitrogen and oxygen atoms in total. The van der Waals surface area contributed by atoms with E-state index in [9.17, 15) is 14.8 Å². The highest BCUT2D eigenvalue weighted by Crippen LogP contribution is 2.35. The van der Waals surface area contributed by atoms with Crippen LogP contribution in [-0.2, 0) is 11.3 Å². The summed E-state index contributed by atoms with van der Waals surface area (Å²) in [6.45, 7) is 5.95. The summed E-state index contributed by atoms with van der Waals surface area (Å²) in [5.74, 6) is 0. The lowest BCUT2D eigenvalue weighted by Crippen LogP contribution is -2.32. The maximum atomic E-state index is 12.1. The van der Waals surface area contributed by atoms with Crippen LogP contribution in [0.25, 0.3) is 0 Å². The average molecular weight is 280 g/mol. The van der Waals surface area contributed by atoms with Crippen LogP contribution in [0.4, 0.5) is 9.59 Å². The third-order valence-electron chi connectivity index (χ3n) is 3.30. The Balaban J connectivity index is 1.94. The first-order valence-electron chi connectivity index (χ1n) is 6.34. The van der Waals surface area contributed by atoms with Crippen molar-refractivity contribution in [2.75, 3.05) is 6.54 Å². The minimum absolute atomic E-state index is 0.237. The van der Waals surface area contributed by atoms with E-state index in [0.717, 1.165) is 0 Å². The first-order valence-corrected chi connectivity index (χ1v) is 6.34. The molecule has 2 aliphatic rings. The molecule has 0 saturated carbocycles. The number of aromatic nitrogens is 2. The second kappa shape index (κ2) is 3.95. The Labute approximate surface area is 115 Å². The number of imidazole rings is 1. The van der Waals surface area contributed by atoms with Gasteiger partial charge >= 0.3 is 12.1 Å². The van der Waals surface area contributed by atoms with Crippen molar-refractivity contribution < 1.29 is 19.5 Å². The molecule has 1 atom stereocenters. The van der Waals surface area contributed by atoms with Gasteiger partial charge in [-0.1, -0.05) is 0 Å². The molecule has 3 heterocycles. The Kier molecular flexibility index (Phi) is 2.55. The van der Waals surface area contributed by atoms with Crippen molar-refractivity contribution >= 4 is 12.1 Å². The number of hydrogen-bond acceptors (Lipinski definition) is 5. The van der Waals surface area contributed by atoms with Gasteiger partial charge in [0.05, 0.1) is 24.5 Å². The fourth-order valence-electron chi connectivity index (χ4n) is 2.45. The second-order valence-corrected chi connectivity index (χ2v) is 5.95. The van der Waals surface area contributed by atoms with Gasteiger partial charge in [-0.3, -0.25) is 5.21 Å². The summed E-state index contributed by atoms with van der Waals surface area (Å²) >= 11 is 0. The van der Waals surface area contributed by atoms with E-state index in [1.165, 1.54) is 15.8 Å². The Bertz CT molecular complexity index is 589. The van der Waals surface area contributed by atoms with Gasteiger partial charge in [0, 0.05) is 0 Å². The summed E-state index contributed by atoms with van der Waals surface area (Å²) in [4.78, 5) is 29.4. The van der Waals surface area contributed by atoms with Crippen LogP contribution in [-0.4, -0.2) is 49.0 Å². The van der Waals surface area contributed by atoms with Gasteiger partial charge in [-0.25, -0.2) is 19.1 Å². The standard InChI is InChI=1S/C12H16N4O4/c1-12(2,3)20-11(18)15-6-13-9-7(15)4-14-5-8(9)16(19)10(14)17/h6,8,19H,4-5H2,1-3H3. The summed E-state index contributed by atoms with van der Waals surface area (Å²) < 4.78 is 6.60. The van der Waals surface area contributed by atoms with Gasteiger partial charge in [0.25, 0.3) is 0 Å². The van der Waals surface area contributed by atoms with Crippen molar-refractivity contribution in [1.82, 2.24) is 19.5 Å². The number of hydroxylamine groups is 2. The second-order valence-electron chi connectivity index (χ2n) is 5.95. The molecule has 2 aliphatic heterocycles. The van der Waals surface area contributed by atoms with Crippen LogP contribution in [0.3, 0.4) is 0 Å². The number of carbonyl (C=O) groups is 2. The molecule has 2 amide bonds. The monoisotopic (exact) mass is 280 g/mol. The van der Waals surface area contributed by atoms with Crippen molar-refractivity contribution in [3.05, 3.63) is 17.7 Å². The Morgan fingerprint density at radius 3 is 2.85 bits per heavy atom. The van der Waals surface area contributed by atoms with E-state index in [2.05, 4.69) is 4.98 Å². The quantitative estimate of drug-likeness (QED) is 0.725. The van der Waals surface area contributed by atoms with Crippen molar-refractivity contribution in [2.45, 2.75) is 39.0 Å². The lowest BCUT2D eigenvalue weighted by Gasteiger charge is -2.23. The van der Waals surface area contributed by atoms with Crippen LogP contribution in [0.1, 0.15) is 38.2 Å². The maximum absolute atomic E-state index is 12.1. The predicted octanol–water partition coefficient (Wildman–Crippen LogP) is 1.35. The predicted molar refractivity (Wildman–Crippen MR) is 66.0 cm³/mol. The highest BCUT2D eigenvalue weighted by Gasteiger charge is 2.45. The van der Waals surface area contributed by atoms with Gasteiger partial charge in [0.2, 0.25) is 0 Å². The number of carbonyl (C=O) groups excluding carboxylic acids is 2. The summed E-state index contributed by atoms with van der Waals surface area (Å²) in [6.07, 6.45) is 0.837. The SMILES string of the molecule is CC(C)(C)OC(=O)n1cnc2c1CN1CC2N(O)C1=O. The molecule has 0 spiro atoms. The van der Waals surface area contributed by atoms with Crippen LogP contribution in [0.15, 0.2) is 6.33 Å². The van der Waals surface area contributed by atoms with Gasteiger partial charge in [-0.05, 0) is 20.8 Å². The topological polar surface area (TPSA) is 87.9 Å². The summed E-state index contributed by atoms with van der Waals surface area (Å²) in [7, 11) is 0. The minimum Gasteiger partial charge on any atom is -0.443 e. The van der Waals surface area contributed by atoms with Gasteiger partial charge in [-0.15, -0.1) is 0 Å². The molecule has 1 aromatic heterocycles. The maximum Gasteiger partial charge on any atom is 0.420 e. The lowest BCUT2D eigenvalue weighted by atomic mass is 10.1. The van der Waals surface area contributed by atoms with Crippen LogP contribution in [0.2, 0.25) is 0 Å². The van der Waals surface area contributed by atoms with Crippen LogP contribution >= 0.6 is 0 Å². The summed E-state index contributed by atoms with van der Waals surface area (Å²) in [6, 6.07) is -0.987. The van der Waals surface area contributed by atoms with E-state index < -0.39 is 23.8 Å². The number of rotatable bonds is 0. The molecule has 0 aliphatic carbocycles. The van der Waals surface area contributed by atoms with Crippen LogP contribution < -0.4 is 0 Å². The van der Waals surface area contributed by atoms with E-state index in [1.807, 2.05) is 0 Å². The molecule has 0 radical (unpaired) electrons. The van der Waals surface area contributed by atoms with Crippen LogP contribution in [0, 0.1) is 0 Å². The van der Waals surface area contributed by atoms with E-state index in [4.69, 9.17) is 4.74 Å². The van der Waals surface area contributed by atoms with E-state index in [-0.39, 0.29) is 6.54 Å².